The lowest BCUT2D eigenvalue weighted by Crippen LogP contribution is -2.31. The van der Waals surface area contributed by atoms with Crippen molar-refractivity contribution in [3.63, 3.8) is 0 Å². The van der Waals surface area contributed by atoms with E-state index < -0.39 is 0 Å². The third-order valence-corrected chi connectivity index (χ3v) is 3.66. The fourth-order valence-electron chi connectivity index (χ4n) is 2.40. The van der Waals surface area contributed by atoms with E-state index >= 15 is 0 Å². The van der Waals surface area contributed by atoms with Crippen LogP contribution in [0.5, 0.6) is 0 Å². The number of hydrogen-bond acceptors (Lipinski definition) is 2. The van der Waals surface area contributed by atoms with E-state index in [0.29, 0.717) is 5.41 Å². The van der Waals surface area contributed by atoms with Crippen molar-refractivity contribution in [3.8, 4) is 0 Å². The van der Waals surface area contributed by atoms with Gasteiger partial charge in [-0.25, -0.2) is 0 Å². The summed E-state index contributed by atoms with van der Waals surface area (Å²) in [5.74, 6) is 0. The largest absolute Gasteiger partial charge is 0.392 e. The number of aliphatic hydroxyl groups excluding tert-OH is 1. The molecule has 0 amide bonds. The zero-order valence-corrected chi connectivity index (χ0v) is 11.6. The first-order chi connectivity index (χ1) is 8.50. The quantitative estimate of drug-likeness (QED) is 0.808. The minimum atomic E-state index is 0.119. The summed E-state index contributed by atoms with van der Waals surface area (Å²) in [5, 5.41) is 9.04. The van der Waals surface area contributed by atoms with Crippen molar-refractivity contribution in [1.82, 2.24) is 0 Å². The van der Waals surface area contributed by atoms with Crippen molar-refractivity contribution in [2.45, 2.75) is 33.8 Å². The van der Waals surface area contributed by atoms with Crippen molar-refractivity contribution >= 4 is 5.69 Å². The molecular formula is C16H23NO. The Labute approximate surface area is 110 Å². The van der Waals surface area contributed by atoms with E-state index in [9.17, 15) is 0 Å². The van der Waals surface area contributed by atoms with E-state index in [0.717, 1.165) is 25.1 Å². The first-order valence-electron chi connectivity index (χ1n) is 6.65. The molecular weight excluding hydrogens is 222 g/mol. The van der Waals surface area contributed by atoms with Gasteiger partial charge in [0.05, 0.1) is 6.61 Å². The van der Waals surface area contributed by atoms with Crippen LogP contribution in [0.25, 0.3) is 0 Å². The van der Waals surface area contributed by atoms with E-state index in [-0.39, 0.29) is 6.61 Å². The van der Waals surface area contributed by atoms with Gasteiger partial charge in [-0.2, -0.15) is 0 Å². The number of hydrogen-bond donors (Lipinski definition) is 1. The molecule has 2 rings (SSSR count). The molecule has 0 fully saturated rings. The van der Waals surface area contributed by atoms with Crippen LogP contribution in [-0.4, -0.2) is 18.2 Å². The molecule has 0 bridgehead atoms. The predicted octanol–water partition coefficient (Wildman–Crippen LogP) is 3.36. The molecule has 1 aliphatic heterocycles. The summed E-state index contributed by atoms with van der Waals surface area (Å²) < 4.78 is 0. The van der Waals surface area contributed by atoms with E-state index in [1.165, 1.54) is 5.69 Å². The Morgan fingerprint density at radius 2 is 1.83 bits per heavy atom. The van der Waals surface area contributed by atoms with Crippen molar-refractivity contribution in [3.05, 3.63) is 41.5 Å². The number of aliphatic hydroxyl groups is 1. The van der Waals surface area contributed by atoms with Crippen LogP contribution < -0.4 is 4.90 Å². The molecule has 0 saturated carbocycles. The maximum absolute atomic E-state index is 9.04. The summed E-state index contributed by atoms with van der Waals surface area (Å²) in [5.41, 5.74) is 4.08. The van der Waals surface area contributed by atoms with Gasteiger partial charge in [0.25, 0.3) is 0 Å². The Balaban J connectivity index is 2.07. The first-order valence-corrected chi connectivity index (χ1v) is 6.65. The van der Waals surface area contributed by atoms with Gasteiger partial charge in [0.15, 0.2) is 0 Å². The Morgan fingerprint density at radius 3 is 2.28 bits per heavy atom. The molecule has 0 aliphatic carbocycles. The molecule has 1 aromatic rings. The SMILES string of the molecule is CC(C)(C)C1=CCN(c2ccc(CO)cc2)CC1. The minimum absolute atomic E-state index is 0.119. The Bertz CT molecular complexity index is 425. The van der Waals surface area contributed by atoms with Crippen LogP contribution in [0.1, 0.15) is 32.8 Å². The fraction of sp³-hybridized carbons (Fsp3) is 0.500. The van der Waals surface area contributed by atoms with Crippen molar-refractivity contribution < 1.29 is 5.11 Å². The maximum Gasteiger partial charge on any atom is 0.0681 e. The molecule has 1 aromatic carbocycles. The zero-order chi connectivity index (χ0) is 13.2. The van der Waals surface area contributed by atoms with Crippen LogP contribution in [-0.2, 0) is 6.61 Å². The molecule has 0 saturated heterocycles. The molecule has 18 heavy (non-hydrogen) atoms. The number of rotatable bonds is 2. The topological polar surface area (TPSA) is 23.5 Å². The van der Waals surface area contributed by atoms with E-state index in [1.54, 1.807) is 5.57 Å². The maximum atomic E-state index is 9.04. The van der Waals surface area contributed by atoms with Crippen molar-refractivity contribution in [2.75, 3.05) is 18.0 Å². The Hall–Kier alpha value is -1.28. The lowest BCUT2D eigenvalue weighted by atomic mass is 9.83. The van der Waals surface area contributed by atoms with Crippen molar-refractivity contribution in [2.24, 2.45) is 5.41 Å². The highest BCUT2D eigenvalue weighted by molar-refractivity contribution is 5.49. The summed E-state index contributed by atoms with van der Waals surface area (Å²) in [6, 6.07) is 8.19. The molecule has 98 valence electrons. The average Bonchev–Trinajstić information content (AvgIpc) is 2.38. The zero-order valence-electron chi connectivity index (χ0n) is 11.6. The molecule has 0 spiro atoms. The third-order valence-electron chi connectivity index (χ3n) is 3.66. The molecule has 0 atom stereocenters. The first kappa shape index (κ1) is 13.2. The van der Waals surface area contributed by atoms with Crippen LogP contribution in [0.15, 0.2) is 35.9 Å². The highest BCUT2D eigenvalue weighted by atomic mass is 16.3. The number of benzene rings is 1. The summed E-state index contributed by atoms with van der Waals surface area (Å²) in [4.78, 5) is 2.39. The number of anilines is 1. The van der Waals surface area contributed by atoms with Crippen LogP contribution in [0.4, 0.5) is 5.69 Å². The normalized spacial score (nSPS) is 16.7. The molecule has 0 unspecified atom stereocenters. The lowest BCUT2D eigenvalue weighted by molar-refractivity contribution is 0.282. The summed E-state index contributed by atoms with van der Waals surface area (Å²) >= 11 is 0. The van der Waals surface area contributed by atoms with Crippen molar-refractivity contribution in [1.29, 1.82) is 0 Å². The monoisotopic (exact) mass is 245 g/mol. The summed E-state index contributed by atoms with van der Waals surface area (Å²) in [7, 11) is 0. The fourth-order valence-corrected chi connectivity index (χ4v) is 2.40. The smallest absolute Gasteiger partial charge is 0.0681 e. The van der Waals surface area contributed by atoms with Crippen LogP contribution in [0.3, 0.4) is 0 Å². The second kappa shape index (κ2) is 5.15. The average molecular weight is 245 g/mol. The van der Waals surface area contributed by atoms with E-state index in [4.69, 9.17) is 5.11 Å². The highest BCUT2D eigenvalue weighted by Gasteiger charge is 2.21. The summed E-state index contributed by atoms with van der Waals surface area (Å²) in [6.07, 6.45) is 3.51. The van der Waals surface area contributed by atoms with Gasteiger partial charge in [-0.1, -0.05) is 44.6 Å². The molecule has 0 aromatic heterocycles. The minimum Gasteiger partial charge on any atom is -0.392 e. The summed E-state index contributed by atoms with van der Waals surface area (Å²) in [6.45, 7) is 9.04. The molecule has 2 heteroatoms. The Morgan fingerprint density at radius 1 is 1.17 bits per heavy atom. The Kier molecular flexibility index (Phi) is 3.76. The second-order valence-corrected chi connectivity index (χ2v) is 6.00. The van der Waals surface area contributed by atoms with Gasteiger partial charge in [-0.05, 0) is 29.5 Å². The molecule has 2 nitrogen and oxygen atoms in total. The van der Waals surface area contributed by atoms with Gasteiger partial charge in [0, 0.05) is 18.8 Å². The number of nitrogens with zero attached hydrogens (tertiary/aromatic N) is 1. The van der Waals surface area contributed by atoms with Gasteiger partial charge in [-0.15, -0.1) is 0 Å². The van der Waals surface area contributed by atoms with Crippen LogP contribution in [0, 0.1) is 5.41 Å². The van der Waals surface area contributed by atoms with E-state index in [1.807, 2.05) is 12.1 Å². The predicted molar refractivity (Wildman–Crippen MR) is 76.7 cm³/mol. The second-order valence-electron chi connectivity index (χ2n) is 6.00. The molecule has 0 radical (unpaired) electrons. The van der Waals surface area contributed by atoms with Gasteiger partial charge in [0.1, 0.15) is 0 Å². The van der Waals surface area contributed by atoms with Gasteiger partial charge in [-0.3, -0.25) is 0 Å². The van der Waals surface area contributed by atoms with E-state index in [2.05, 4.69) is 43.9 Å². The molecule has 1 aliphatic rings. The molecule has 1 N–H and O–H groups in total. The van der Waals surface area contributed by atoms with Crippen LogP contribution >= 0.6 is 0 Å². The third kappa shape index (κ3) is 2.94. The van der Waals surface area contributed by atoms with Gasteiger partial charge in [0.2, 0.25) is 0 Å². The van der Waals surface area contributed by atoms with Gasteiger partial charge < -0.3 is 10.0 Å². The molecule has 1 heterocycles. The highest BCUT2D eigenvalue weighted by Crippen LogP contribution is 2.31. The standard InChI is InChI=1S/C16H23NO/c1-16(2,3)14-8-10-17(11-9-14)15-6-4-13(12-18)5-7-15/h4-8,18H,9-12H2,1-3H3. The van der Waals surface area contributed by atoms with Gasteiger partial charge >= 0.3 is 0 Å². The van der Waals surface area contributed by atoms with Crippen LogP contribution in [0.2, 0.25) is 0 Å². The lowest BCUT2D eigenvalue weighted by Gasteiger charge is -2.33.